The molecule has 1 spiro atoms. The fourth-order valence-electron chi connectivity index (χ4n) is 4.71. The Morgan fingerprint density at radius 3 is 2.52 bits per heavy atom. The molecule has 0 aromatic heterocycles. The molecule has 25 heavy (non-hydrogen) atoms. The lowest BCUT2D eigenvalue weighted by Crippen LogP contribution is -2.44. The smallest absolute Gasteiger partial charge is 0.221 e. The Kier molecular flexibility index (Phi) is 5.80. The first-order valence-corrected chi connectivity index (χ1v) is 9.84. The van der Waals surface area contributed by atoms with Crippen LogP contribution in [-0.4, -0.2) is 47.4 Å². The summed E-state index contributed by atoms with van der Waals surface area (Å²) >= 11 is 0. The third kappa shape index (κ3) is 4.24. The van der Waals surface area contributed by atoms with Gasteiger partial charge in [-0.2, -0.15) is 0 Å². The van der Waals surface area contributed by atoms with Crippen LogP contribution in [-0.2, 0) is 11.3 Å². The Labute approximate surface area is 152 Å². The Hall–Kier alpha value is -1.39. The van der Waals surface area contributed by atoms with Crippen molar-refractivity contribution < 1.29 is 4.79 Å². The minimum atomic E-state index is -0.0149. The number of hydrogen-bond donors (Lipinski definition) is 1. The molecule has 1 saturated carbocycles. The highest BCUT2D eigenvalue weighted by Crippen LogP contribution is 2.43. The number of likely N-dealkylation sites (tertiary alicyclic amines) is 1. The second kappa shape index (κ2) is 7.88. The fraction of sp³-hybridized carbons (Fsp3) is 0.667. The molecular formula is C21H33N3O. The van der Waals surface area contributed by atoms with Gasteiger partial charge in [0.1, 0.15) is 0 Å². The molecule has 1 atom stereocenters. The van der Waals surface area contributed by atoms with Crippen molar-refractivity contribution in [3.05, 3.63) is 29.8 Å². The van der Waals surface area contributed by atoms with Crippen LogP contribution in [0.15, 0.2) is 24.3 Å². The van der Waals surface area contributed by atoms with E-state index < -0.39 is 0 Å². The van der Waals surface area contributed by atoms with E-state index in [1.165, 1.54) is 50.6 Å². The first kappa shape index (κ1) is 18.4. The largest absolute Gasteiger partial charge is 0.326 e. The lowest BCUT2D eigenvalue weighted by molar-refractivity contribution is -0.114. The van der Waals surface area contributed by atoms with Crippen molar-refractivity contribution in [3.63, 3.8) is 0 Å². The zero-order valence-electron chi connectivity index (χ0n) is 16.1. The summed E-state index contributed by atoms with van der Waals surface area (Å²) in [6.07, 6.45) is 8.17. The predicted octanol–water partition coefficient (Wildman–Crippen LogP) is 3.87. The molecule has 1 N–H and O–H groups in total. The van der Waals surface area contributed by atoms with E-state index in [0.29, 0.717) is 11.6 Å². The summed E-state index contributed by atoms with van der Waals surface area (Å²) < 4.78 is 0. The highest BCUT2D eigenvalue weighted by Gasteiger charge is 2.46. The van der Waals surface area contributed by atoms with Gasteiger partial charge in [-0.25, -0.2) is 0 Å². The van der Waals surface area contributed by atoms with Gasteiger partial charge >= 0.3 is 0 Å². The van der Waals surface area contributed by atoms with E-state index in [-0.39, 0.29) is 5.91 Å². The number of carbonyl (C=O) groups excluding carboxylic acids is 1. The summed E-state index contributed by atoms with van der Waals surface area (Å²) in [6, 6.07) is 9.06. The molecule has 4 nitrogen and oxygen atoms in total. The average molecular weight is 344 g/mol. The normalized spacial score (nSPS) is 23.3. The maximum Gasteiger partial charge on any atom is 0.221 e. The van der Waals surface area contributed by atoms with Gasteiger partial charge in [0.15, 0.2) is 0 Å². The van der Waals surface area contributed by atoms with E-state index in [9.17, 15) is 4.79 Å². The van der Waals surface area contributed by atoms with Crippen LogP contribution in [0.25, 0.3) is 0 Å². The Morgan fingerprint density at radius 2 is 1.92 bits per heavy atom. The van der Waals surface area contributed by atoms with Crippen molar-refractivity contribution in [1.82, 2.24) is 9.80 Å². The Balaban J connectivity index is 1.73. The topological polar surface area (TPSA) is 35.6 Å². The Bertz CT molecular complexity index is 577. The molecule has 0 radical (unpaired) electrons. The van der Waals surface area contributed by atoms with Gasteiger partial charge in [0.25, 0.3) is 0 Å². The van der Waals surface area contributed by atoms with Crippen molar-refractivity contribution in [2.45, 2.75) is 70.5 Å². The third-order valence-electron chi connectivity index (χ3n) is 6.27. The van der Waals surface area contributed by atoms with E-state index in [2.05, 4.69) is 41.2 Å². The lowest BCUT2D eigenvalue weighted by atomic mass is 9.79. The minimum absolute atomic E-state index is 0.0149. The van der Waals surface area contributed by atoms with Gasteiger partial charge in [-0.3, -0.25) is 9.69 Å². The monoisotopic (exact) mass is 343 g/mol. The predicted molar refractivity (Wildman–Crippen MR) is 104 cm³/mol. The zero-order chi connectivity index (χ0) is 17.9. The summed E-state index contributed by atoms with van der Waals surface area (Å²) in [5.41, 5.74) is 2.63. The van der Waals surface area contributed by atoms with Crippen molar-refractivity contribution in [2.75, 3.05) is 25.5 Å². The van der Waals surface area contributed by atoms with Crippen LogP contribution < -0.4 is 5.32 Å². The highest BCUT2D eigenvalue weighted by atomic mass is 16.1. The van der Waals surface area contributed by atoms with E-state index >= 15 is 0 Å². The fourth-order valence-corrected chi connectivity index (χ4v) is 4.71. The van der Waals surface area contributed by atoms with E-state index in [1.807, 2.05) is 12.1 Å². The SMILES string of the molecule is CCN(C)[C@H]1CN(Cc2ccc(NC(C)=O)cc2)C2(CCCCC2)C1. The number of nitrogens with zero attached hydrogens (tertiary/aromatic N) is 2. The maximum atomic E-state index is 11.2. The minimum Gasteiger partial charge on any atom is -0.326 e. The molecule has 2 aliphatic rings. The van der Waals surface area contributed by atoms with Gasteiger partial charge in [-0.1, -0.05) is 38.3 Å². The molecule has 4 heteroatoms. The highest BCUT2D eigenvalue weighted by molar-refractivity contribution is 5.88. The first-order valence-electron chi connectivity index (χ1n) is 9.84. The van der Waals surface area contributed by atoms with Crippen LogP contribution in [0.2, 0.25) is 0 Å². The van der Waals surface area contributed by atoms with E-state index in [4.69, 9.17) is 0 Å². The summed E-state index contributed by atoms with van der Waals surface area (Å²) in [6.45, 7) is 7.14. The second-order valence-corrected chi connectivity index (χ2v) is 7.97. The Morgan fingerprint density at radius 1 is 1.24 bits per heavy atom. The molecule has 2 fully saturated rings. The average Bonchev–Trinajstić information content (AvgIpc) is 2.94. The maximum absolute atomic E-state index is 11.2. The molecule has 1 heterocycles. The second-order valence-electron chi connectivity index (χ2n) is 7.97. The van der Waals surface area contributed by atoms with Gasteiger partial charge < -0.3 is 10.2 Å². The van der Waals surface area contributed by atoms with Crippen LogP contribution >= 0.6 is 0 Å². The molecule has 0 bridgehead atoms. The quantitative estimate of drug-likeness (QED) is 0.881. The van der Waals surface area contributed by atoms with Gasteiger partial charge in [0, 0.05) is 37.3 Å². The van der Waals surface area contributed by atoms with Crippen LogP contribution in [0.1, 0.15) is 57.9 Å². The summed E-state index contributed by atoms with van der Waals surface area (Å²) in [5, 5.41) is 2.85. The molecule has 3 rings (SSSR count). The molecule has 1 aromatic rings. The number of likely N-dealkylation sites (N-methyl/N-ethyl adjacent to an activating group) is 1. The number of carbonyl (C=O) groups is 1. The standard InChI is InChI=1S/C21H33N3O/c1-4-23(3)20-14-21(12-6-5-7-13-21)24(16-20)15-18-8-10-19(11-9-18)22-17(2)25/h8-11,20H,4-7,12-16H2,1-3H3,(H,22,25)/t20-/m1/s1. The van der Waals surface area contributed by atoms with Crippen LogP contribution in [0, 0.1) is 0 Å². The van der Waals surface area contributed by atoms with Crippen molar-refractivity contribution in [2.24, 2.45) is 0 Å². The van der Waals surface area contributed by atoms with Crippen LogP contribution in [0.5, 0.6) is 0 Å². The molecule has 1 amide bonds. The molecule has 138 valence electrons. The third-order valence-corrected chi connectivity index (χ3v) is 6.27. The van der Waals surface area contributed by atoms with Crippen molar-refractivity contribution in [1.29, 1.82) is 0 Å². The number of anilines is 1. The molecule has 1 aliphatic heterocycles. The number of benzene rings is 1. The zero-order valence-corrected chi connectivity index (χ0v) is 16.1. The lowest BCUT2D eigenvalue weighted by Gasteiger charge is -2.41. The molecule has 1 aromatic carbocycles. The summed E-state index contributed by atoms with van der Waals surface area (Å²) in [4.78, 5) is 16.5. The van der Waals surface area contributed by atoms with Crippen molar-refractivity contribution >= 4 is 11.6 Å². The van der Waals surface area contributed by atoms with Gasteiger partial charge in [0.2, 0.25) is 5.91 Å². The first-order chi connectivity index (χ1) is 12.0. The summed E-state index contributed by atoms with van der Waals surface area (Å²) in [5.74, 6) is -0.0149. The van der Waals surface area contributed by atoms with Gasteiger partial charge in [-0.05, 0) is 50.6 Å². The molecule has 0 unspecified atom stereocenters. The number of nitrogens with one attached hydrogen (secondary N) is 1. The molecule has 1 saturated heterocycles. The van der Waals surface area contributed by atoms with Crippen LogP contribution in [0.4, 0.5) is 5.69 Å². The summed E-state index contributed by atoms with van der Waals surface area (Å²) in [7, 11) is 2.27. The number of amides is 1. The van der Waals surface area contributed by atoms with E-state index in [0.717, 1.165) is 18.8 Å². The van der Waals surface area contributed by atoms with Gasteiger partial charge in [0.05, 0.1) is 0 Å². The van der Waals surface area contributed by atoms with Crippen molar-refractivity contribution in [3.8, 4) is 0 Å². The van der Waals surface area contributed by atoms with E-state index in [1.54, 1.807) is 6.92 Å². The molecule has 1 aliphatic carbocycles. The van der Waals surface area contributed by atoms with Gasteiger partial charge in [-0.15, -0.1) is 0 Å². The molecular weight excluding hydrogens is 310 g/mol. The van der Waals surface area contributed by atoms with Crippen LogP contribution in [0.3, 0.4) is 0 Å². The number of hydrogen-bond acceptors (Lipinski definition) is 3. The number of rotatable bonds is 5.